The van der Waals surface area contributed by atoms with Gasteiger partial charge < -0.3 is 5.32 Å². The van der Waals surface area contributed by atoms with Crippen LogP contribution < -0.4 is 5.32 Å². The van der Waals surface area contributed by atoms with E-state index >= 15 is 0 Å². The number of sulfonamides is 1. The van der Waals surface area contributed by atoms with E-state index in [2.05, 4.69) is 19.2 Å². The van der Waals surface area contributed by atoms with Crippen LogP contribution in [0.4, 0.5) is 0 Å². The normalized spacial score (nSPS) is 18.3. The third-order valence-corrected chi connectivity index (χ3v) is 7.08. The van der Waals surface area contributed by atoms with Crippen molar-refractivity contribution in [1.29, 1.82) is 0 Å². The molecule has 1 amide bonds. The zero-order valence-electron chi connectivity index (χ0n) is 15.0. The maximum absolute atomic E-state index is 12.6. The first-order valence-electron chi connectivity index (χ1n) is 8.72. The average molecular weight is 387 g/mol. The van der Waals surface area contributed by atoms with Crippen LogP contribution in [-0.2, 0) is 20.6 Å². The molecule has 7 heteroatoms. The molecule has 0 saturated carbocycles. The summed E-state index contributed by atoms with van der Waals surface area (Å²) in [4.78, 5) is 12.3. The predicted octanol–water partition coefficient (Wildman–Crippen LogP) is 3.04. The molecule has 1 aliphatic heterocycles. The van der Waals surface area contributed by atoms with E-state index in [1.165, 1.54) is 4.31 Å². The lowest BCUT2D eigenvalue weighted by atomic mass is 9.96. The summed E-state index contributed by atoms with van der Waals surface area (Å²) in [6.45, 7) is 6.87. The van der Waals surface area contributed by atoms with Gasteiger partial charge in [0.15, 0.2) is 0 Å². The molecular formula is C18H27ClN2O3S. The second-order valence-electron chi connectivity index (χ2n) is 7.06. The van der Waals surface area contributed by atoms with Crippen molar-refractivity contribution in [3.8, 4) is 0 Å². The van der Waals surface area contributed by atoms with Crippen LogP contribution in [0, 0.1) is 11.8 Å². The largest absolute Gasteiger partial charge is 0.353 e. The van der Waals surface area contributed by atoms with E-state index in [-0.39, 0.29) is 23.6 Å². The van der Waals surface area contributed by atoms with Gasteiger partial charge in [0.2, 0.25) is 15.9 Å². The maximum Gasteiger partial charge on any atom is 0.223 e. The van der Waals surface area contributed by atoms with Gasteiger partial charge in [-0.3, -0.25) is 4.79 Å². The number of piperidine rings is 1. The number of nitrogens with one attached hydrogen (secondary N) is 1. The zero-order valence-corrected chi connectivity index (χ0v) is 16.6. The first-order chi connectivity index (χ1) is 11.7. The quantitative estimate of drug-likeness (QED) is 0.817. The molecule has 0 radical (unpaired) electrons. The van der Waals surface area contributed by atoms with Gasteiger partial charge in [-0.15, -0.1) is 0 Å². The van der Waals surface area contributed by atoms with Gasteiger partial charge in [-0.25, -0.2) is 12.7 Å². The number of hydrogen-bond acceptors (Lipinski definition) is 3. The molecule has 1 aromatic rings. The average Bonchev–Trinajstić information content (AvgIpc) is 2.56. The molecule has 1 atom stereocenters. The van der Waals surface area contributed by atoms with Crippen molar-refractivity contribution < 1.29 is 13.2 Å². The van der Waals surface area contributed by atoms with E-state index in [0.29, 0.717) is 42.4 Å². The van der Waals surface area contributed by atoms with Crippen LogP contribution in [0.5, 0.6) is 0 Å². The molecule has 0 bridgehead atoms. The molecule has 1 aliphatic rings. The van der Waals surface area contributed by atoms with Gasteiger partial charge in [-0.05, 0) is 37.3 Å². The van der Waals surface area contributed by atoms with Crippen molar-refractivity contribution in [2.75, 3.05) is 13.1 Å². The molecule has 1 saturated heterocycles. The lowest BCUT2D eigenvalue weighted by Gasteiger charge is -2.31. The Morgan fingerprint density at radius 2 is 1.84 bits per heavy atom. The molecule has 5 nitrogen and oxygen atoms in total. The number of nitrogens with zero attached hydrogens (tertiary/aromatic N) is 1. The van der Waals surface area contributed by atoms with Crippen LogP contribution in [-0.4, -0.2) is 37.8 Å². The molecule has 0 spiro atoms. The van der Waals surface area contributed by atoms with Gasteiger partial charge in [-0.2, -0.15) is 0 Å². The predicted molar refractivity (Wildman–Crippen MR) is 101 cm³/mol. The molecule has 1 unspecified atom stereocenters. The van der Waals surface area contributed by atoms with Crippen molar-refractivity contribution in [2.45, 2.75) is 45.4 Å². The number of amides is 1. The van der Waals surface area contributed by atoms with Crippen molar-refractivity contribution in [2.24, 2.45) is 11.8 Å². The molecular weight excluding hydrogens is 360 g/mol. The number of hydrogen-bond donors (Lipinski definition) is 1. The summed E-state index contributed by atoms with van der Waals surface area (Å²) < 4.78 is 26.7. The Bertz CT molecular complexity index is 698. The number of carbonyl (C=O) groups is 1. The van der Waals surface area contributed by atoms with E-state index in [9.17, 15) is 13.2 Å². The Balaban J connectivity index is 1.92. The summed E-state index contributed by atoms with van der Waals surface area (Å²) in [5.41, 5.74) is 0.606. The van der Waals surface area contributed by atoms with Crippen LogP contribution in [0.1, 0.15) is 39.2 Å². The smallest absolute Gasteiger partial charge is 0.223 e. The van der Waals surface area contributed by atoms with E-state index in [1.54, 1.807) is 24.3 Å². The first-order valence-corrected chi connectivity index (χ1v) is 10.7. The molecule has 1 fully saturated rings. The number of benzene rings is 1. The Kier molecular flexibility index (Phi) is 6.88. The lowest BCUT2D eigenvalue weighted by Crippen LogP contribution is -2.46. The summed E-state index contributed by atoms with van der Waals surface area (Å²) in [5, 5.41) is 3.49. The van der Waals surface area contributed by atoms with Crippen LogP contribution in [0.3, 0.4) is 0 Å². The van der Waals surface area contributed by atoms with Crippen molar-refractivity contribution in [3.05, 3.63) is 34.9 Å². The molecule has 0 aromatic heterocycles. The van der Waals surface area contributed by atoms with E-state index in [0.717, 1.165) is 0 Å². The molecule has 0 aliphatic carbocycles. The van der Waals surface area contributed by atoms with Crippen molar-refractivity contribution in [3.63, 3.8) is 0 Å². The number of halogens is 1. The van der Waals surface area contributed by atoms with Crippen molar-refractivity contribution in [1.82, 2.24) is 9.62 Å². The highest BCUT2D eigenvalue weighted by Crippen LogP contribution is 2.24. The molecule has 25 heavy (non-hydrogen) atoms. The third kappa shape index (κ3) is 5.43. The van der Waals surface area contributed by atoms with Crippen LogP contribution >= 0.6 is 11.6 Å². The monoisotopic (exact) mass is 386 g/mol. The fourth-order valence-corrected chi connectivity index (χ4v) is 4.68. The van der Waals surface area contributed by atoms with Gasteiger partial charge >= 0.3 is 0 Å². The molecule has 1 aromatic carbocycles. The second-order valence-corrected chi connectivity index (χ2v) is 9.44. The Morgan fingerprint density at radius 1 is 1.24 bits per heavy atom. The molecule has 140 valence electrons. The first kappa shape index (κ1) is 20.2. The fourth-order valence-electron chi connectivity index (χ4n) is 2.81. The maximum atomic E-state index is 12.6. The van der Waals surface area contributed by atoms with Crippen LogP contribution in [0.15, 0.2) is 24.3 Å². The molecule has 1 heterocycles. The minimum atomic E-state index is -3.43. The minimum Gasteiger partial charge on any atom is -0.353 e. The number of carbonyl (C=O) groups excluding carboxylic acids is 1. The highest BCUT2D eigenvalue weighted by molar-refractivity contribution is 7.88. The van der Waals surface area contributed by atoms with Crippen LogP contribution in [0.2, 0.25) is 5.02 Å². The minimum absolute atomic E-state index is 0.0318. The standard InChI is InChI=1S/C18H27ClN2O3S/c1-13(2)14(3)20-18(22)15-8-10-21(11-9-15)25(23,24)12-16-6-4-5-7-17(16)19/h4-7,13-15H,8-12H2,1-3H3,(H,20,22). The Labute approximate surface area is 155 Å². The SMILES string of the molecule is CC(C)C(C)NC(=O)C1CCN(S(=O)(=O)Cc2ccccc2Cl)CC1. The highest BCUT2D eigenvalue weighted by atomic mass is 35.5. The second kappa shape index (κ2) is 8.52. The van der Waals surface area contributed by atoms with Gasteiger partial charge in [0.05, 0.1) is 5.75 Å². The Hall–Kier alpha value is -1.11. The van der Waals surface area contributed by atoms with Gasteiger partial charge in [0, 0.05) is 30.1 Å². The summed E-state index contributed by atoms with van der Waals surface area (Å²) in [5.74, 6) is 0.186. The van der Waals surface area contributed by atoms with E-state index in [1.807, 2.05) is 6.92 Å². The molecule has 2 rings (SSSR count). The lowest BCUT2D eigenvalue weighted by molar-refractivity contribution is -0.127. The third-order valence-electron chi connectivity index (χ3n) is 4.88. The number of rotatable bonds is 6. The Morgan fingerprint density at radius 3 is 2.40 bits per heavy atom. The topological polar surface area (TPSA) is 66.5 Å². The van der Waals surface area contributed by atoms with Gasteiger partial charge in [0.25, 0.3) is 0 Å². The van der Waals surface area contributed by atoms with E-state index in [4.69, 9.17) is 11.6 Å². The zero-order chi connectivity index (χ0) is 18.6. The fraction of sp³-hybridized carbons (Fsp3) is 0.611. The van der Waals surface area contributed by atoms with Crippen molar-refractivity contribution >= 4 is 27.5 Å². The molecule has 1 N–H and O–H groups in total. The summed E-state index contributed by atoms with van der Waals surface area (Å²) in [6, 6.07) is 7.10. The van der Waals surface area contributed by atoms with Gasteiger partial charge in [0.1, 0.15) is 0 Å². The highest BCUT2D eigenvalue weighted by Gasteiger charge is 2.32. The van der Waals surface area contributed by atoms with Crippen LogP contribution in [0.25, 0.3) is 0 Å². The van der Waals surface area contributed by atoms with Gasteiger partial charge in [-0.1, -0.05) is 43.6 Å². The van der Waals surface area contributed by atoms with E-state index < -0.39 is 10.0 Å². The summed E-state index contributed by atoms with van der Waals surface area (Å²) in [7, 11) is -3.43. The summed E-state index contributed by atoms with van der Waals surface area (Å²) >= 11 is 6.07. The summed E-state index contributed by atoms with van der Waals surface area (Å²) in [6.07, 6.45) is 1.11.